The maximum Gasteiger partial charge on any atom is 0.0594 e. The summed E-state index contributed by atoms with van der Waals surface area (Å²) in [7, 11) is 0. The summed E-state index contributed by atoms with van der Waals surface area (Å²) in [6.45, 7) is 19.6. The van der Waals surface area contributed by atoms with Gasteiger partial charge in [0.25, 0.3) is 0 Å². The zero-order valence-electron chi connectivity index (χ0n) is 21.9. The van der Waals surface area contributed by atoms with Crippen molar-refractivity contribution in [1.29, 1.82) is 0 Å². The lowest BCUT2D eigenvalue weighted by molar-refractivity contribution is -0.118. The Hall–Kier alpha value is -0.560. The summed E-state index contributed by atoms with van der Waals surface area (Å²) >= 11 is 0. The van der Waals surface area contributed by atoms with Gasteiger partial charge >= 0.3 is 0 Å². The number of fused-ring (bicyclic) bond motifs is 5. The van der Waals surface area contributed by atoms with E-state index in [-0.39, 0.29) is 11.5 Å². The predicted molar refractivity (Wildman–Crippen MR) is 133 cm³/mol. The number of hydrogen-bond acceptors (Lipinski definition) is 1. The molecule has 4 aliphatic carbocycles. The lowest BCUT2D eigenvalue weighted by atomic mass is 9.41. The Labute approximate surface area is 193 Å². The normalized spacial score (nSPS) is 46.9. The monoisotopic (exact) mass is 426 g/mol. The molecule has 8 atom stereocenters. The van der Waals surface area contributed by atoms with Gasteiger partial charge in [-0.05, 0) is 117 Å². The molecule has 3 saturated carbocycles. The fourth-order valence-electron chi connectivity index (χ4n) is 9.51. The molecule has 3 fully saturated rings. The van der Waals surface area contributed by atoms with E-state index in [4.69, 9.17) is 0 Å². The van der Waals surface area contributed by atoms with Crippen molar-refractivity contribution in [1.82, 2.24) is 0 Å². The van der Waals surface area contributed by atoms with Crippen LogP contribution in [0.3, 0.4) is 0 Å². The quantitative estimate of drug-likeness (QED) is 0.448. The highest BCUT2D eigenvalue weighted by atomic mass is 16.3. The molecule has 1 heteroatoms. The van der Waals surface area contributed by atoms with Crippen LogP contribution in [0.1, 0.15) is 113 Å². The van der Waals surface area contributed by atoms with E-state index in [9.17, 15) is 5.11 Å². The number of allylic oxidation sites excluding steroid dienone is 4. The standard InChI is InChI=1S/C30H50O/c1-20(2)10-9-11-21(3)22-14-18-30(8)24-12-13-25-27(4,5)26(31)16-17-28(25,6)23(24)15-19-29(22,30)7/h10,15,21-22,24-26,31H,9,11-14,16-19H2,1-8H3/t21-,22+,24+,25-,26-,28+,29+,30-/m0/s1. The molecule has 0 unspecified atom stereocenters. The zero-order valence-corrected chi connectivity index (χ0v) is 21.9. The summed E-state index contributed by atoms with van der Waals surface area (Å²) in [5, 5.41) is 10.8. The zero-order chi connectivity index (χ0) is 22.8. The highest BCUT2D eigenvalue weighted by Crippen LogP contribution is 2.73. The Morgan fingerprint density at radius 2 is 1.74 bits per heavy atom. The molecule has 0 heterocycles. The minimum absolute atomic E-state index is 0.0398. The summed E-state index contributed by atoms with van der Waals surface area (Å²) in [5.41, 5.74) is 4.49. The van der Waals surface area contributed by atoms with Gasteiger partial charge in [0.2, 0.25) is 0 Å². The maximum atomic E-state index is 10.8. The minimum Gasteiger partial charge on any atom is -0.393 e. The third-order valence-corrected chi connectivity index (χ3v) is 11.7. The fraction of sp³-hybridized carbons (Fsp3) is 0.867. The van der Waals surface area contributed by atoms with Gasteiger partial charge in [0, 0.05) is 0 Å². The van der Waals surface area contributed by atoms with Crippen molar-refractivity contribution in [2.24, 2.45) is 45.3 Å². The third kappa shape index (κ3) is 3.34. The van der Waals surface area contributed by atoms with Crippen LogP contribution in [0.5, 0.6) is 0 Å². The second-order valence-corrected chi connectivity index (χ2v) is 13.7. The molecule has 0 aliphatic heterocycles. The Bertz CT molecular complexity index is 754. The Kier molecular flexibility index (Phi) is 5.90. The number of aliphatic hydroxyl groups is 1. The predicted octanol–water partition coefficient (Wildman–Crippen LogP) is 8.34. The molecule has 1 N–H and O–H groups in total. The van der Waals surface area contributed by atoms with Crippen LogP contribution in [-0.4, -0.2) is 11.2 Å². The van der Waals surface area contributed by atoms with Crippen LogP contribution in [0.15, 0.2) is 23.3 Å². The van der Waals surface area contributed by atoms with Gasteiger partial charge < -0.3 is 5.11 Å². The van der Waals surface area contributed by atoms with Crippen LogP contribution in [-0.2, 0) is 0 Å². The van der Waals surface area contributed by atoms with E-state index in [1.54, 1.807) is 5.57 Å². The molecule has 0 bridgehead atoms. The summed E-state index contributed by atoms with van der Waals surface area (Å²) in [6, 6.07) is 0. The summed E-state index contributed by atoms with van der Waals surface area (Å²) < 4.78 is 0. The first-order chi connectivity index (χ1) is 14.4. The molecule has 0 saturated heterocycles. The Balaban J connectivity index is 1.63. The van der Waals surface area contributed by atoms with Crippen LogP contribution in [0, 0.1) is 45.3 Å². The third-order valence-electron chi connectivity index (χ3n) is 11.7. The van der Waals surface area contributed by atoms with Crippen molar-refractivity contribution < 1.29 is 5.11 Å². The van der Waals surface area contributed by atoms with E-state index in [1.807, 2.05) is 0 Å². The minimum atomic E-state index is -0.135. The van der Waals surface area contributed by atoms with Crippen LogP contribution in [0.2, 0.25) is 0 Å². The lowest BCUT2D eigenvalue weighted by Gasteiger charge is -2.64. The van der Waals surface area contributed by atoms with Crippen molar-refractivity contribution in [2.45, 2.75) is 119 Å². The van der Waals surface area contributed by atoms with Crippen molar-refractivity contribution in [3.8, 4) is 0 Å². The molecular weight excluding hydrogens is 376 g/mol. The fourth-order valence-corrected chi connectivity index (χ4v) is 9.51. The molecule has 0 aromatic heterocycles. The van der Waals surface area contributed by atoms with Crippen LogP contribution >= 0.6 is 0 Å². The van der Waals surface area contributed by atoms with Gasteiger partial charge in [0.15, 0.2) is 0 Å². The molecular formula is C30H50O. The molecule has 31 heavy (non-hydrogen) atoms. The van der Waals surface area contributed by atoms with Crippen LogP contribution in [0.4, 0.5) is 0 Å². The Morgan fingerprint density at radius 1 is 1.03 bits per heavy atom. The topological polar surface area (TPSA) is 20.2 Å². The molecule has 0 aromatic rings. The maximum absolute atomic E-state index is 10.8. The largest absolute Gasteiger partial charge is 0.393 e. The van der Waals surface area contributed by atoms with Crippen molar-refractivity contribution in [2.75, 3.05) is 0 Å². The summed E-state index contributed by atoms with van der Waals surface area (Å²) in [5.74, 6) is 3.05. The molecule has 4 aliphatic rings. The van der Waals surface area contributed by atoms with Crippen molar-refractivity contribution in [3.05, 3.63) is 23.3 Å². The van der Waals surface area contributed by atoms with E-state index >= 15 is 0 Å². The SMILES string of the molecule is CC(C)=CCC[C@H](C)[C@H]1CC[C@@]2(C)[C@@H]3CC[C@H]4C(C)(C)[C@@H](O)CC[C@]4(C)C3=CC[C@]12C. The summed E-state index contributed by atoms with van der Waals surface area (Å²) in [6.07, 6.45) is 16.5. The van der Waals surface area contributed by atoms with E-state index in [0.29, 0.717) is 22.2 Å². The molecule has 0 spiro atoms. The molecule has 176 valence electrons. The van der Waals surface area contributed by atoms with Gasteiger partial charge in [-0.15, -0.1) is 0 Å². The number of hydrogen-bond donors (Lipinski definition) is 1. The van der Waals surface area contributed by atoms with E-state index in [2.05, 4.69) is 67.5 Å². The van der Waals surface area contributed by atoms with Crippen LogP contribution < -0.4 is 0 Å². The first-order valence-electron chi connectivity index (χ1n) is 13.4. The highest BCUT2D eigenvalue weighted by molar-refractivity contribution is 5.32. The first-order valence-corrected chi connectivity index (χ1v) is 13.4. The number of aliphatic hydroxyl groups excluding tert-OH is 1. The van der Waals surface area contributed by atoms with E-state index in [0.717, 1.165) is 24.2 Å². The van der Waals surface area contributed by atoms with Gasteiger partial charge in [-0.25, -0.2) is 0 Å². The van der Waals surface area contributed by atoms with E-state index < -0.39 is 0 Å². The Morgan fingerprint density at radius 3 is 2.42 bits per heavy atom. The van der Waals surface area contributed by atoms with Gasteiger partial charge in [-0.3, -0.25) is 0 Å². The molecule has 0 amide bonds. The number of rotatable bonds is 4. The smallest absolute Gasteiger partial charge is 0.0594 e. The van der Waals surface area contributed by atoms with Crippen molar-refractivity contribution in [3.63, 3.8) is 0 Å². The van der Waals surface area contributed by atoms with Crippen molar-refractivity contribution >= 4 is 0 Å². The van der Waals surface area contributed by atoms with Gasteiger partial charge in [-0.2, -0.15) is 0 Å². The lowest BCUT2D eigenvalue weighted by Crippen LogP contribution is -2.57. The molecule has 4 rings (SSSR count). The van der Waals surface area contributed by atoms with Gasteiger partial charge in [0.1, 0.15) is 0 Å². The van der Waals surface area contributed by atoms with Crippen LogP contribution in [0.25, 0.3) is 0 Å². The molecule has 1 nitrogen and oxygen atoms in total. The first kappa shape index (κ1) is 23.6. The second kappa shape index (κ2) is 7.75. The van der Waals surface area contributed by atoms with Gasteiger partial charge in [-0.1, -0.05) is 64.8 Å². The second-order valence-electron chi connectivity index (χ2n) is 13.7. The average molecular weight is 427 g/mol. The highest BCUT2D eigenvalue weighted by Gasteiger charge is 2.65. The van der Waals surface area contributed by atoms with E-state index in [1.165, 1.54) is 56.9 Å². The average Bonchev–Trinajstić information content (AvgIpc) is 2.96. The summed E-state index contributed by atoms with van der Waals surface area (Å²) in [4.78, 5) is 0. The molecule has 0 radical (unpaired) electrons. The van der Waals surface area contributed by atoms with Gasteiger partial charge in [0.05, 0.1) is 6.10 Å². The molecule has 0 aromatic carbocycles.